The molecule has 0 unspecified atom stereocenters. The maximum absolute atomic E-state index is 13.3. The van der Waals surface area contributed by atoms with Crippen LogP contribution in [0.4, 0.5) is 8.78 Å². The Hall–Kier alpha value is -1.26. The number of benzene rings is 1. The second kappa shape index (κ2) is 4.94. The average Bonchev–Trinajstić information content (AvgIpc) is 2.28. The Kier molecular flexibility index (Phi) is 4.01. The summed E-state index contributed by atoms with van der Waals surface area (Å²) in [6, 6.07) is 7.06. The molecule has 1 aromatic carbocycles. The normalized spacial score (nSPS) is 11.0. The number of hydrogen-bond acceptors (Lipinski definition) is 2. The van der Waals surface area contributed by atoms with E-state index in [-0.39, 0.29) is 12.4 Å². The van der Waals surface area contributed by atoms with Gasteiger partial charge in [-0.1, -0.05) is 12.1 Å². The van der Waals surface area contributed by atoms with Crippen molar-refractivity contribution in [2.24, 2.45) is 0 Å². The minimum Gasteiger partial charge on any atom is -0.274 e. The molecule has 0 radical (unpaired) electrons. The van der Waals surface area contributed by atoms with Gasteiger partial charge in [-0.25, -0.2) is 0 Å². The van der Waals surface area contributed by atoms with E-state index in [1.54, 1.807) is 18.3 Å². The molecule has 6 heteroatoms. The van der Waals surface area contributed by atoms with Crippen molar-refractivity contribution in [3.63, 3.8) is 0 Å². The van der Waals surface area contributed by atoms with Crippen molar-refractivity contribution in [1.82, 2.24) is 4.98 Å². The Balaban J connectivity index is 0.00000144. The molecular weight excluding hydrogens is 271 g/mol. The number of rotatable bonds is 2. The van der Waals surface area contributed by atoms with Gasteiger partial charge in [0.1, 0.15) is 0 Å². The smallest absolute Gasteiger partial charge is 0.274 e. The lowest BCUT2D eigenvalue weighted by atomic mass is 10.1. The van der Waals surface area contributed by atoms with Crippen molar-refractivity contribution in [2.45, 2.75) is 5.92 Å². The summed E-state index contributed by atoms with van der Waals surface area (Å²) in [5, 5.41) is -1.15. The van der Waals surface area contributed by atoms with Crippen molar-refractivity contribution in [1.29, 1.82) is 0 Å². The molecule has 2 aromatic rings. The third kappa shape index (κ3) is 2.53. The maximum Gasteiger partial charge on any atom is 0.345 e. The fourth-order valence-electron chi connectivity index (χ4n) is 1.38. The lowest BCUT2D eigenvalue weighted by Gasteiger charge is -2.11. The predicted octanol–water partition coefficient (Wildman–Crippen LogP) is 3.51. The third-order valence-corrected chi connectivity index (χ3v) is 2.45. The molecule has 0 saturated carbocycles. The molecule has 0 bridgehead atoms. The van der Waals surface area contributed by atoms with Gasteiger partial charge in [-0.3, -0.25) is 9.78 Å². The Morgan fingerprint density at radius 3 is 2.65 bits per heavy atom. The molecule has 1 heterocycles. The molecule has 1 aromatic heterocycles. The van der Waals surface area contributed by atoms with E-state index in [1.165, 1.54) is 12.1 Å². The van der Waals surface area contributed by atoms with Gasteiger partial charge in [-0.2, -0.15) is 8.78 Å². The number of alkyl halides is 2. The van der Waals surface area contributed by atoms with E-state index < -0.39 is 16.7 Å². The second-order valence-corrected chi connectivity index (χ2v) is 3.60. The topological polar surface area (TPSA) is 30.0 Å². The van der Waals surface area contributed by atoms with Gasteiger partial charge in [0.05, 0.1) is 5.52 Å². The van der Waals surface area contributed by atoms with Gasteiger partial charge in [0.25, 0.3) is 5.24 Å². The van der Waals surface area contributed by atoms with Crippen LogP contribution in [0.1, 0.15) is 5.56 Å². The molecule has 0 aliphatic rings. The van der Waals surface area contributed by atoms with E-state index >= 15 is 0 Å². The fraction of sp³-hybridized carbons (Fsp3) is 0.0909. The molecule has 0 N–H and O–H groups in total. The molecule has 17 heavy (non-hydrogen) atoms. The van der Waals surface area contributed by atoms with Crippen LogP contribution in [0.5, 0.6) is 0 Å². The molecule has 0 fully saturated rings. The van der Waals surface area contributed by atoms with Crippen molar-refractivity contribution >= 4 is 40.2 Å². The van der Waals surface area contributed by atoms with Crippen LogP contribution >= 0.6 is 24.0 Å². The zero-order chi connectivity index (χ0) is 11.8. The molecule has 0 atom stereocenters. The summed E-state index contributed by atoms with van der Waals surface area (Å²) >= 11 is 4.85. The Morgan fingerprint density at radius 1 is 1.29 bits per heavy atom. The van der Waals surface area contributed by atoms with E-state index in [0.29, 0.717) is 10.9 Å². The average molecular weight is 278 g/mol. The van der Waals surface area contributed by atoms with Crippen molar-refractivity contribution < 1.29 is 13.6 Å². The Labute approximate surface area is 107 Å². The fourth-order valence-corrected chi connectivity index (χ4v) is 1.49. The van der Waals surface area contributed by atoms with Crippen LogP contribution in [-0.4, -0.2) is 10.2 Å². The van der Waals surface area contributed by atoms with Crippen LogP contribution in [0.15, 0.2) is 36.5 Å². The minimum atomic E-state index is -3.66. The number of carbonyl (C=O) groups is 1. The first kappa shape index (κ1) is 13.8. The molecule has 0 spiro atoms. The molecule has 2 nitrogen and oxygen atoms in total. The SMILES string of the molecule is Cl.O=C(Cl)C(F)(F)c1ccc2ncccc2c1. The molecule has 2 rings (SSSR count). The summed E-state index contributed by atoms with van der Waals surface area (Å²) in [7, 11) is 0. The van der Waals surface area contributed by atoms with Gasteiger partial charge in [-0.05, 0) is 29.8 Å². The van der Waals surface area contributed by atoms with Crippen molar-refractivity contribution in [3.8, 4) is 0 Å². The van der Waals surface area contributed by atoms with Crippen LogP contribution in [-0.2, 0) is 10.7 Å². The third-order valence-electron chi connectivity index (χ3n) is 2.21. The zero-order valence-corrected chi connectivity index (χ0v) is 9.93. The summed E-state index contributed by atoms with van der Waals surface area (Å²) in [4.78, 5) is 14.6. The highest BCUT2D eigenvalue weighted by molar-refractivity contribution is 6.65. The summed E-state index contributed by atoms with van der Waals surface area (Å²) in [5.74, 6) is -3.66. The van der Waals surface area contributed by atoms with Gasteiger partial charge in [0, 0.05) is 17.1 Å². The highest BCUT2D eigenvalue weighted by Crippen LogP contribution is 2.31. The summed E-state index contributed by atoms with van der Waals surface area (Å²) in [6.07, 6.45) is 1.56. The van der Waals surface area contributed by atoms with Crippen LogP contribution in [0.2, 0.25) is 0 Å². The second-order valence-electron chi connectivity index (χ2n) is 3.26. The molecular formula is C11H7Cl2F2NO. The number of nitrogens with zero attached hydrogens (tertiary/aromatic N) is 1. The van der Waals surface area contributed by atoms with Crippen LogP contribution in [0, 0.1) is 0 Å². The van der Waals surface area contributed by atoms with Crippen LogP contribution < -0.4 is 0 Å². The highest BCUT2D eigenvalue weighted by Gasteiger charge is 2.39. The number of hydrogen-bond donors (Lipinski definition) is 0. The van der Waals surface area contributed by atoms with E-state index in [4.69, 9.17) is 11.6 Å². The first-order chi connectivity index (χ1) is 7.51. The van der Waals surface area contributed by atoms with Gasteiger partial charge < -0.3 is 0 Å². The van der Waals surface area contributed by atoms with E-state index in [2.05, 4.69) is 4.98 Å². The molecule has 90 valence electrons. The predicted molar refractivity (Wildman–Crippen MR) is 63.7 cm³/mol. The molecule has 0 aliphatic heterocycles. The summed E-state index contributed by atoms with van der Waals surface area (Å²) in [6.45, 7) is 0. The maximum atomic E-state index is 13.3. The monoisotopic (exact) mass is 277 g/mol. The zero-order valence-electron chi connectivity index (χ0n) is 8.36. The lowest BCUT2D eigenvalue weighted by Crippen LogP contribution is -2.21. The summed E-state index contributed by atoms with van der Waals surface area (Å²) < 4.78 is 26.6. The van der Waals surface area contributed by atoms with Crippen molar-refractivity contribution in [3.05, 3.63) is 42.1 Å². The quantitative estimate of drug-likeness (QED) is 0.787. The van der Waals surface area contributed by atoms with Crippen LogP contribution in [0.25, 0.3) is 10.9 Å². The number of pyridine rings is 1. The standard InChI is InChI=1S/C11H6ClF2NO.ClH/c12-10(16)11(13,14)8-3-4-9-7(6-8)2-1-5-15-9;/h1-6H;1H. The van der Waals surface area contributed by atoms with Gasteiger partial charge in [0.2, 0.25) is 0 Å². The largest absolute Gasteiger partial charge is 0.345 e. The molecule has 0 amide bonds. The lowest BCUT2D eigenvalue weighted by molar-refractivity contribution is -0.135. The molecule has 0 saturated heterocycles. The minimum absolute atomic E-state index is 0. The van der Waals surface area contributed by atoms with Gasteiger partial charge in [0.15, 0.2) is 0 Å². The van der Waals surface area contributed by atoms with E-state index in [1.807, 2.05) is 0 Å². The van der Waals surface area contributed by atoms with Gasteiger partial charge >= 0.3 is 5.92 Å². The van der Waals surface area contributed by atoms with Crippen LogP contribution in [0.3, 0.4) is 0 Å². The first-order valence-electron chi connectivity index (χ1n) is 4.45. The number of carbonyl (C=O) groups excluding carboxylic acids is 1. The number of fused-ring (bicyclic) bond motifs is 1. The van der Waals surface area contributed by atoms with E-state index in [0.717, 1.165) is 6.07 Å². The number of aromatic nitrogens is 1. The highest BCUT2D eigenvalue weighted by atomic mass is 35.5. The number of halogens is 4. The van der Waals surface area contributed by atoms with Gasteiger partial charge in [-0.15, -0.1) is 12.4 Å². The molecule has 0 aliphatic carbocycles. The summed E-state index contributed by atoms with van der Waals surface area (Å²) in [5.41, 5.74) is 0.164. The Morgan fingerprint density at radius 2 is 2.00 bits per heavy atom. The van der Waals surface area contributed by atoms with Crippen molar-refractivity contribution in [2.75, 3.05) is 0 Å². The Bertz CT molecular complexity index is 560. The van der Waals surface area contributed by atoms with E-state index in [9.17, 15) is 13.6 Å². The first-order valence-corrected chi connectivity index (χ1v) is 4.82.